The minimum Gasteiger partial charge on any atom is -0.493 e. The number of anilines is 1. The number of nitrogens with one attached hydrogen (secondary N) is 1. The predicted molar refractivity (Wildman–Crippen MR) is 104 cm³/mol. The highest BCUT2D eigenvalue weighted by Crippen LogP contribution is 2.30. The third-order valence-electron chi connectivity index (χ3n) is 3.97. The molecule has 9 heteroatoms. The number of nitrogens with zero attached hydrogens (tertiary/aromatic N) is 1. The molecule has 0 aromatic heterocycles. The molecule has 2 aromatic carbocycles. The molecule has 0 aliphatic carbocycles. The number of sulfonamides is 1. The lowest BCUT2D eigenvalue weighted by Crippen LogP contribution is -2.35. The van der Waals surface area contributed by atoms with Crippen molar-refractivity contribution in [2.75, 3.05) is 33.1 Å². The van der Waals surface area contributed by atoms with Crippen LogP contribution in [0, 0.1) is 6.92 Å². The van der Waals surface area contributed by atoms with Crippen molar-refractivity contribution in [2.24, 2.45) is 0 Å². The van der Waals surface area contributed by atoms with E-state index < -0.39 is 15.9 Å². The molecular weight excluding hydrogens is 392 g/mol. The van der Waals surface area contributed by atoms with Crippen LogP contribution in [0.1, 0.15) is 5.56 Å². The van der Waals surface area contributed by atoms with Gasteiger partial charge in [0.05, 0.1) is 25.7 Å². The lowest BCUT2D eigenvalue weighted by molar-refractivity contribution is -0.116. The third-order valence-corrected chi connectivity index (χ3v) is 6.18. The molecule has 0 aliphatic rings. The van der Waals surface area contributed by atoms with Crippen LogP contribution in [0.15, 0.2) is 41.3 Å². The maximum atomic E-state index is 12.7. The van der Waals surface area contributed by atoms with Gasteiger partial charge in [-0.1, -0.05) is 17.7 Å². The van der Waals surface area contributed by atoms with Gasteiger partial charge in [0, 0.05) is 23.8 Å². The van der Waals surface area contributed by atoms with Crippen LogP contribution in [0.2, 0.25) is 5.02 Å². The van der Waals surface area contributed by atoms with Gasteiger partial charge in [0.15, 0.2) is 11.5 Å². The summed E-state index contributed by atoms with van der Waals surface area (Å²) >= 11 is 6.03. The van der Waals surface area contributed by atoms with Gasteiger partial charge in [-0.3, -0.25) is 4.79 Å². The monoisotopic (exact) mass is 412 g/mol. The van der Waals surface area contributed by atoms with Crippen LogP contribution < -0.4 is 14.8 Å². The molecular formula is C18H21ClN2O5S. The fourth-order valence-corrected chi connectivity index (χ4v) is 3.69. The highest BCUT2D eigenvalue weighted by atomic mass is 35.5. The van der Waals surface area contributed by atoms with E-state index in [9.17, 15) is 13.2 Å². The Labute approximate surface area is 163 Å². The summed E-state index contributed by atoms with van der Waals surface area (Å²) < 4.78 is 36.7. The summed E-state index contributed by atoms with van der Waals surface area (Å²) in [5.41, 5.74) is 1.24. The van der Waals surface area contributed by atoms with E-state index in [4.69, 9.17) is 21.1 Å². The maximum Gasteiger partial charge on any atom is 0.243 e. The number of amides is 1. The normalized spacial score (nSPS) is 11.3. The van der Waals surface area contributed by atoms with Gasteiger partial charge in [-0.05, 0) is 36.8 Å². The van der Waals surface area contributed by atoms with Gasteiger partial charge in [-0.15, -0.1) is 0 Å². The molecule has 27 heavy (non-hydrogen) atoms. The molecule has 0 aliphatic heterocycles. The number of benzene rings is 2. The molecule has 1 amide bonds. The number of hydrogen-bond donors (Lipinski definition) is 1. The van der Waals surface area contributed by atoms with E-state index in [2.05, 4.69) is 5.32 Å². The SMILES string of the molecule is COc1ccc(S(=O)(=O)N(C)CC(=O)Nc2cccc(Cl)c2C)cc1OC. The average Bonchev–Trinajstić information content (AvgIpc) is 2.64. The van der Waals surface area contributed by atoms with Crippen molar-refractivity contribution in [3.05, 3.63) is 47.0 Å². The van der Waals surface area contributed by atoms with Crippen LogP contribution in [0.5, 0.6) is 11.5 Å². The van der Waals surface area contributed by atoms with Gasteiger partial charge < -0.3 is 14.8 Å². The smallest absolute Gasteiger partial charge is 0.243 e. The fraction of sp³-hybridized carbons (Fsp3) is 0.278. The van der Waals surface area contributed by atoms with E-state index in [1.165, 1.54) is 39.5 Å². The molecule has 1 N–H and O–H groups in total. The zero-order valence-corrected chi connectivity index (χ0v) is 17.0. The molecule has 0 unspecified atom stereocenters. The lowest BCUT2D eigenvalue weighted by Gasteiger charge is -2.18. The number of methoxy groups -OCH3 is 2. The Morgan fingerprint density at radius 3 is 2.44 bits per heavy atom. The quantitative estimate of drug-likeness (QED) is 0.755. The highest BCUT2D eigenvalue weighted by molar-refractivity contribution is 7.89. The van der Waals surface area contributed by atoms with Crippen LogP contribution in [0.4, 0.5) is 5.69 Å². The molecule has 0 saturated carbocycles. The summed E-state index contributed by atoms with van der Waals surface area (Å²) in [7, 11) is 0.313. The first kappa shape index (κ1) is 21.0. The van der Waals surface area contributed by atoms with Crippen LogP contribution in [-0.4, -0.2) is 46.4 Å². The van der Waals surface area contributed by atoms with E-state index in [1.54, 1.807) is 25.1 Å². The number of ether oxygens (including phenoxy) is 2. The van der Waals surface area contributed by atoms with E-state index in [-0.39, 0.29) is 17.2 Å². The number of rotatable bonds is 7. The molecule has 146 valence electrons. The first-order valence-electron chi connectivity index (χ1n) is 7.94. The van der Waals surface area contributed by atoms with Gasteiger partial charge >= 0.3 is 0 Å². The minimum atomic E-state index is -3.89. The largest absolute Gasteiger partial charge is 0.493 e. The van der Waals surface area contributed by atoms with Crippen molar-refractivity contribution in [2.45, 2.75) is 11.8 Å². The summed E-state index contributed by atoms with van der Waals surface area (Å²) in [6.45, 7) is 1.41. The van der Waals surface area contributed by atoms with Crippen LogP contribution >= 0.6 is 11.6 Å². The number of likely N-dealkylation sites (N-methyl/N-ethyl adjacent to an activating group) is 1. The molecule has 0 radical (unpaired) electrons. The highest BCUT2D eigenvalue weighted by Gasteiger charge is 2.24. The average molecular weight is 413 g/mol. The lowest BCUT2D eigenvalue weighted by atomic mass is 10.2. The molecule has 0 bridgehead atoms. The fourth-order valence-electron chi connectivity index (χ4n) is 2.38. The summed E-state index contributed by atoms with van der Waals surface area (Å²) in [5, 5.41) is 3.19. The van der Waals surface area contributed by atoms with Crippen LogP contribution in [0.25, 0.3) is 0 Å². The Hall–Kier alpha value is -2.29. The molecule has 0 atom stereocenters. The molecule has 2 rings (SSSR count). The summed E-state index contributed by atoms with van der Waals surface area (Å²) in [6.07, 6.45) is 0. The molecule has 0 spiro atoms. The topological polar surface area (TPSA) is 84.9 Å². The summed E-state index contributed by atoms with van der Waals surface area (Å²) in [6, 6.07) is 9.35. The third kappa shape index (κ3) is 4.71. The van der Waals surface area contributed by atoms with Crippen molar-refractivity contribution >= 4 is 33.2 Å². The Bertz CT molecular complexity index is 947. The van der Waals surface area contributed by atoms with Gasteiger partial charge in [0.25, 0.3) is 0 Å². The van der Waals surface area contributed by atoms with Crippen LogP contribution in [-0.2, 0) is 14.8 Å². The second kappa shape index (κ2) is 8.60. The minimum absolute atomic E-state index is 0.00520. The zero-order chi connectivity index (χ0) is 20.2. The van der Waals surface area contributed by atoms with Crippen molar-refractivity contribution in [3.63, 3.8) is 0 Å². The number of halogens is 1. The summed E-state index contributed by atoms with van der Waals surface area (Å²) in [5.74, 6) is 0.214. The van der Waals surface area contributed by atoms with Crippen molar-refractivity contribution in [3.8, 4) is 11.5 Å². The molecule has 2 aromatic rings. The van der Waals surface area contributed by atoms with E-state index in [0.29, 0.717) is 22.0 Å². The second-order valence-corrected chi connectivity index (χ2v) is 8.19. The van der Waals surface area contributed by atoms with E-state index in [1.807, 2.05) is 0 Å². The second-order valence-electron chi connectivity index (χ2n) is 5.74. The maximum absolute atomic E-state index is 12.7. The molecule has 7 nitrogen and oxygen atoms in total. The van der Waals surface area contributed by atoms with Crippen molar-refractivity contribution in [1.29, 1.82) is 0 Å². The number of carbonyl (C=O) groups is 1. The van der Waals surface area contributed by atoms with E-state index in [0.717, 1.165) is 4.31 Å². The summed E-state index contributed by atoms with van der Waals surface area (Å²) in [4.78, 5) is 12.3. The number of hydrogen-bond acceptors (Lipinski definition) is 5. The predicted octanol–water partition coefficient (Wildman–Crippen LogP) is 2.92. The standard InChI is InChI=1S/C18H21ClN2O5S/c1-12-14(19)6-5-7-15(12)20-18(22)11-21(2)27(23,24)13-8-9-16(25-3)17(10-13)26-4/h5-10H,11H2,1-4H3,(H,20,22). The Balaban J connectivity index is 2.17. The Morgan fingerprint density at radius 1 is 1.15 bits per heavy atom. The van der Waals surface area contributed by atoms with Gasteiger partial charge in [0.2, 0.25) is 15.9 Å². The van der Waals surface area contributed by atoms with Crippen LogP contribution in [0.3, 0.4) is 0 Å². The number of carbonyl (C=O) groups excluding carboxylic acids is 1. The Morgan fingerprint density at radius 2 is 1.81 bits per heavy atom. The zero-order valence-electron chi connectivity index (χ0n) is 15.4. The Kier molecular flexibility index (Phi) is 6.69. The molecule has 0 heterocycles. The van der Waals surface area contributed by atoms with Crippen molar-refractivity contribution in [1.82, 2.24) is 4.31 Å². The first-order valence-corrected chi connectivity index (χ1v) is 9.75. The van der Waals surface area contributed by atoms with Crippen molar-refractivity contribution < 1.29 is 22.7 Å². The first-order chi connectivity index (χ1) is 12.7. The van der Waals surface area contributed by atoms with Gasteiger partial charge in [0.1, 0.15) is 0 Å². The van der Waals surface area contributed by atoms with E-state index >= 15 is 0 Å². The molecule has 0 saturated heterocycles. The van der Waals surface area contributed by atoms with Gasteiger partial charge in [-0.25, -0.2) is 8.42 Å². The van der Waals surface area contributed by atoms with Gasteiger partial charge in [-0.2, -0.15) is 4.31 Å². The molecule has 0 fully saturated rings.